The summed E-state index contributed by atoms with van der Waals surface area (Å²) in [7, 11) is 0. The van der Waals surface area contributed by atoms with Crippen molar-refractivity contribution in [3.8, 4) is 0 Å². The van der Waals surface area contributed by atoms with Crippen molar-refractivity contribution < 1.29 is 4.79 Å². The van der Waals surface area contributed by atoms with Crippen LogP contribution < -0.4 is 0 Å². The van der Waals surface area contributed by atoms with Crippen LogP contribution >= 0.6 is 0 Å². The molecule has 0 aliphatic rings. The third kappa shape index (κ3) is 3.70. The van der Waals surface area contributed by atoms with Gasteiger partial charge in [0.15, 0.2) is 5.78 Å². The van der Waals surface area contributed by atoms with Crippen molar-refractivity contribution in [3.05, 3.63) is 12.7 Å². The minimum atomic E-state index is 0.197. The fourth-order valence-corrected chi connectivity index (χ4v) is 1.38. The first-order valence-electron chi connectivity index (χ1n) is 4.79. The second-order valence-electron chi connectivity index (χ2n) is 3.60. The quantitative estimate of drug-likeness (QED) is 0.557. The first-order chi connectivity index (χ1) is 5.63. The van der Waals surface area contributed by atoms with E-state index >= 15 is 0 Å². The third-order valence-electron chi connectivity index (χ3n) is 2.24. The van der Waals surface area contributed by atoms with Gasteiger partial charge < -0.3 is 0 Å². The van der Waals surface area contributed by atoms with Gasteiger partial charge in [-0.15, -0.1) is 0 Å². The van der Waals surface area contributed by atoms with E-state index in [1.54, 1.807) is 0 Å². The molecule has 1 unspecified atom stereocenters. The minimum absolute atomic E-state index is 0.197. The van der Waals surface area contributed by atoms with Gasteiger partial charge in [0.05, 0.1) is 0 Å². The van der Waals surface area contributed by atoms with Gasteiger partial charge in [-0.25, -0.2) is 0 Å². The Morgan fingerprint density at radius 3 is 2.42 bits per heavy atom. The average molecular weight is 168 g/mol. The molecular weight excluding hydrogens is 148 g/mol. The Kier molecular flexibility index (Phi) is 5.69. The van der Waals surface area contributed by atoms with E-state index in [-0.39, 0.29) is 11.7 Å². The molecule has 0 aliphatic heterocycles. The first kappa shape index (κ1) is 11.4. The lowest BCUT2D eigenvalue weighted by Crippen LogP contribution is -2.18. The van der Waals surface area contributed by atoms with Crippen molar-refractivity contribution >= 4 is 5.78 Å². The molecule has 1 heteroatoms. The molecule has 0 saturated carbocycles. The van der Waals surface area contributed by atoms with Crippen LogP contribution in [0.25, 0.3) is 0 Å². The zero-order chi connectivity index (χ0) is 9.56. The van der Waals surface area contributed by atoms with Gasteiger partial charge in [-0.05, 0) is 18.4 Å². The molecule has 0 aromatic heterocycles. The maximum Gasteiger partial charge on any atom is 0.158 e. The standard InChI is InChI=1S/C11H20O/c1-5-7-8-10(9(3)4)11(12)6-2/h6,9-10H,2,5,7-8H2,1,3-4H3. The summed E-state index contributed by atoms with van der Waals surface area (Å²) >= 11 is 0. The van der Waals surface area contributed by atoms with Crippen LogP contribution in [0.3, 0.4) is 0 Å². The van der Waals surface area contributed by atoms with Gasteiger partial charge in [0.25, 0.3) is 0 Å². The van der Waals surface area contributed by atoms with Crippen molar-refractivity contribution in [3.63, 3.8) is 0 Å². The zero-order valence-corrected chi connectivity index (χ0v) is 8.47. The molecule has 0 aromatic carbocycles. The Bertz CT molecular complexity index is 147. The van der Waals surface area contributed by atoms with Gasteiger partial charge in [0.2, 0.25) is 0 Å². The SMILES string of the molecule is C=CC(=O)C(CCCC)C(C)C. The molecule has 0 N–H and O–H groups in total. The van der Waals surface area contributed by atoms with E-state index in [1.807, 2.05) is 0 Å². The monoisotopic (exact) mass is 168 g/mol. The Labute approximate surface area is 75.9 Å². The molecule has 0 saturated heterocycles. The number of carbonyl (C=O) groups excluding carboxylic acids is 1. The fourth-order valence-electron chi connectivity index (χ4n) is 1.38. The van der Waals surface area contributed by atoms with Crippen LogP contribution in [0.4, 0.5) is 0 Å². The summed E-state index contributed by atoms with van der Waals surface area (Å²) in [5.74, 6) is 0.850. The molecule has 1 nitrogen and oxygen atoms in total. The van der Waals surface area contributed by atoms with Gasteiger partial charge in [0, 0.05) is 5.92 Å². The van der Waals surface area contributed by atoms with Gasteiger partial charge >= 0.3 is 0 Å². The van der Waals surface area contributed by atoms with Crippen molar-refractivity contribution in [1.29, 1.82) is 0 Å². The minimum Gasteiger partial charge on any atom is -0.295 e. The highest BCUT2D eigenvalue weighted by Crippen LogP contribution is 2.19. The first-order valence-corrected chi connectivity index (χ1v) is 4.79. The normalized spacial score (nSPS) is 13.0. The van der Waals surface area contributed by atoms with Crippen LogP contribution in [0.1, 0.15) is 40.0 Å². The highest BCUT2D eigenvalue weighted by Gasteiger charge is 2.18. The molecule has 1 atom stereocenters. The molecule has 0 amide bonds. The van der Waals surface area contributed by atoms with E-state index in [2.05, 4.69) is 27.4 Å². The molecule has 12 heavy (non-hydrogen) atoms. The second kappa shape index (κ2) is 5.99. The number of carbonyl (C=O) groups is 1. The van der Waals surface area contributed by atoms with Crippen LogP contribution in [0.5, 0.6) is 0 Å². The van der Waals surface area contributed by atoms with Crippen LogP contribution in [0.2, 0.25) is 0 Å². The van der Waals surface area contributed by atoms with Crippen molar-refractivity contribution in [2.75, 3.05) is 0 Å². The van der Waals surface area contributed by atoms with E-state index in [0.29, 0.717) is 5.92 Å². The number of unbranched alkanes of at least 4 members (excludes halogenated alkanes) is 1. The predicted octanol–water partition coefficient (Wildman–Crippen LogP) is 3.20. The van der Waals surface area contributed by atoms with E-state index in [9.17, 15) is 4.79 Å². The number of ketones is 1. The predicted molar refractivity (Wildman–Crippen MR) is 53.1 cm³/mol. The number of allylic oxidation sites excluding steroid dienone is 1. The molecule has 0 bridgehead atoms. The number of hydrogen-bond donors (Lipinski definition) is 0. The topological polar surface area (TPSA) is 17.1 Å². The molecule has 0 fully saturated rings. The highest BCUT2D eigenvalue weighted by atomic mass is 16.1. The Balaban J connectivity index is 4.03. The smallest absolute Gasteiger partial charge is 0.158 e. The van der Waals surface area contributed by atoms with Crippen molar-refractivity contribution in [2.45, 2.75) is 40.0 Å². The number of hydrogen-bond acceptors (Lipinski definition) is 1. The molecule has 0 spiro atoms. The summed E-state index contributed by atoms with van der Waals surface area (Å²) in [4.78, 5) is 11.3. The summed E-state index contributed by atoms with van der Waals surface area (Å²) in [6.45, 7) is 9.87. The highest BCUT2D eigenvalue weighted by molar-refractivity contribution is 5.91. The van der Waals surface area contributed by atoms with E-state index in [4.69, 9.17) is 0 Å². The van der Waals surface area contributed by atoms with Gasteiger partial charge in [-0.1, -0.05) is 40.2 Å². The third-order valence-corrected chi connectivity index (χ3v) is 2.24. The molecule has 70 valence electrons. The summed E-state index contributed by atoms with van der Waals surface area (Å²) < 4.78 is 0. The molecule has 0 heterocycles. The van der Waals surface area contributed by atoms with Crippen LogP contribution in [0.15, 0.2) is 12.7 Å². The van der Waals surface area contributed by atoms with Crippen LogP contribution in [0, 0.1) is 11.8 Å². The van der Waals surface area contributed by atoms with E-state index in [0.717, 1.165) is 19.3 Å². The van der Waals surface area contributed by atoms with E-state index in [1.165, 1.54) is 6.08 Å². The van der Waals surface area contributed by atoms with Crippen LogP contribution in [-0.2, 0) is 4.79 Å². The van der Waals surface area contributed by atoms with Gasteiger partial charge in [-0.3, -0.25) is 4.79 Å². The van der Waals surface area contributed by atoms with Crippen molar-refractivity contribution in [1.82, 2.24) is 0 Å². The maximum absolute atomic E-state index is 11.3. The Morgan fingerprint density at radius 1 is 1.50 bits per heavy atom. The molecule has 0 aliphatic carbocycles. The second-order valence-corrected chi connectivity index (χ2v) is 3.60. The summed E-state index contributed by atoms with van der Waals surface area (Å²) in [6.07, 6.45) is 4.77. The Morgan fingerprint density at radius 2 is 2.08 bits per heavy atom. The lowest BCUT2D eigenvalue weighted by Gasteiger charge is -2.16. The lowest BCUT2D eigenvalue weighted by molar-refractivity contribution is -0.119. The van der Waals surface area contributed by atoms with E-state index < -0.39 is 0 Å². The lowest BCUT2D eigenvalue weighted by atomic mass is 9.87. The molecule has 0 aromatic rings. The maximum atomic E-state index is 11.3. The van der Waals surface area contributed by atoms with Crippen LogP contribution in [-0.4, -0.2) is 5.78 Å². The number of rotatable bonds is 6. The zero-order valence-electron chi connectivity index (χ0n) is 8.47. The largest absolute Gasteiger partial charge is 0.295 e. The van der Waals surface area contributed by atoms with Gasteiger partial charge in [-0.2, -0.15) is 0 Å². The summed E-state index contributed by atoms with van der Waals surface area (Å²) in [6, 6.07) is 0. The molecule has 0 radical (unpaired) electrons. The summed E-state index contributed by atoms with van der Waals surface area (Å²) in [5, 5.41) is 0. The molecule has 0 rings (SSSR count). The Hall–Kier alpha value is -0.590. The van der Waals surface area contributed by atoms with Crippen molar-refractivity contribution in [2.24, 2.45) is 11.8 Å². The average Bonchev–Trinajstić information content (AvgIpc) is 2.04. The fraction of sp³-hybridized carbons (Fsp3) is 0.727. The summed E-state index contributed by atoms with van der Waals surface area (Å²) in [5.41, 5.74) is 0. The van der Waals surface area contributed by atoms with Gasteiger partial charge in [0.1, 0.15) is 0 Å². The molecular formula is C11H20O.